The number of nitrogens with one attached hydrogen (secondary N) is 1. The van der Waals surface area contributed by atoms with E-state index in [4.69, 9.17) is 13.9 Å². The van der Waals surface area contributed by atoms with Crippen LogP contribution in [0.4, 0.5) is 4.79 Å². The number of alkyl carbamates (subject to hydrolysis) is 1. The van der Waals surface area contributed by atoms with Crippen LogP contribution in [0.1, 0.15) is 47.0 Å². The number of ether oxygens (including phenoxy) is 2. The Balaban J connectivity index is 2.52. The second-order valence-electron chi connectivity index (χ2n) is 8.68. The predicted molar refractivity (Wildman–Crippen MR) is 129 cm³/mol. The summed E-state index contributed by atoms with van der Waals surface area (Å²) in [5.74, 6) is -0.471. The van der Waals surface area contributed by atoms with E-state index >= 15 is 0 Å². The second-order valence-corrected chi connectivity index (χ2v) is 12.9. The smallest absolute Gasteiger partial charge is 0.409 e. The van der Waals surface area contributed by atoms with Crippen molar-refractivity contribution in [2.45, 2.75) is 58.2 Å². The maximum absolute atomic E-state index is 12.5. The van der Waals surface area contributed by atoms with Gasteiger partial charge in [0.05, 0.1) is 20.1 Å². The molecule has 0 fully saturated rings. The van der Waals surface area contributed by atoms with Crippen LogP contribution in [0.25, 0.3) is 0 Å². The van der Waals surface area contributed by atoms with Gasteiger partial charge in [0.1, 0.15) is 6.23 Å². The molecule has 0 bridgehead atoms. The SMILES string of the molecule is CCCCOC(=O)NC(CC(=O)OC)O[Si](c1ccccc1)(c1ccccc1)C(C)(C)C. The fraction of sp³-hybridized carbons (Fsp3) is 0.440. The van der Waals surface area contributed by atoms with Crippen LogP contribution in [0.3, 0.4) is 0 Å². The lowest BCUT2D eigenvalue weighted by Crippen LogP contribution is -2.69. The van der Waals surface area contributed by atoms with Crippen molar-refractivity contribution in [1.82, 2.24) is 5.32 Å². The molecule has 1 atom stereocenters. The van der Waals surface area contributed by atoms with E-state index in [9.17, 15) is 9.59 Å². The zero-order valence-electron chi connectivity index (χ0n) is 19.7. The van der Waals surface area contributed by atoms with Crippen molar-refractivity contribution in [2.75, 3.05) is 13.7 Å². The Morgan fingerprint density at radius 1 is 0.969 bits per heavy atom. The molecule has 2 aromatic carbocycles. The molecule has 32 heavy (non-hydrogen) atoms. The molecule has 1 N–H and O–H groups in total. The highest BCUT2D eigenvalue weighted by atomic mass is 28.4. The van der Waals surface area contributed by atoms with E-state index < -0.39 is 26.6 Å². The number of hydrogen-bond acceptors (Lipinski definition) is 5. The number of unbranched alkanes of at least 4 members (excludes halogenated alkanes) is 1. The average molecular weight is 458 g/mol. The van der Waals surface area contributed by atoms with Gasteiger partial charge in [0, 0.05) is 0 Å². The van der Waals surface area contributed by atoms with Gasteiger partial charge in [-0.05, 0) is 21.8 Å². The summed E-state index contributed by atoms with van der Waals surface area (Å²) in [7, 11) is -1.65. The number of methoxy groups -OCH3 is 1. The first-order valence-corrected chi connectivity index (χ1v) is 12.9. The van der Waals surface area contributed by atoms with Gasteiger partial charge < -0.3 is 13.9 Å². The summed E-state index contributed by atoms with van der Waals surface area (Å²) in [5, 5.41) is 4.55. The number of carbonyl (C=O) groups is 2. The van der Waals surface area contributed by atoms with Gasteiger partial charge >= 0.3 is 12.1 Å². The van der Waals surface area contributed by atoms with Gasteiger partial charge in [-0.2, -0.15) is 0 Å². The van der Waals surface area contributed by atoms with Crippen molar-refractivity contribution >= 4 is 30.8 Å². The molecular weight excluding hydrogens is 422 g/mol. The third kappa shape index (κ3) is 6.43. The number of carbonyl (C=O) groups excluding carboxylic acids is 2. The van der Waals surface area contributed by atoms with Crippen molar-refractivity contribution < 1.29 is 23.5 Å². The van der Waals surface area contributed by atoms with Gasteiger partial charge in [0.25, 0.3) is 8.32 Å². The minimum absolute atomic E-state index is 0.121. The number of hydrogen-bond donors (Lipinski definition) is 1. The number of esters is 1. The standard InChI is InChI=1S/C25H35NO5Si/c1-6-7-18-30-24(28)26-22(19-23(27)29-5)31-32(25(2,3)4,20-14-10-8-11-15-20)21-16-12-9-13-17-21/h8-17,22H,6-7,18-19H2,1-5H3,(H,26,28). The van der Waals surface area contributed by atoms with Gasteiger partial charge in [-0.25, -0.2) is 4.79 Å². The van der Waals surface area contributed by atoms with Crippen molar-refractivity contribution in [3.05, 3.63) is 60.7 Å². The normalized spacial score (nSPS) is 12.7. The van der Waals surface area contributed by atoms with E-state index in [0.29, 0.717) is 6.61 Å². The van der Waals surface area contributed by atoms with E-state index in [-0.39, 0.29) is 11.5 Å². The fourth-order valence-corrected chi connectivity index (χ4v) is 8.33. The van der Waals surface area contributed by atoms with E-state index in [2.05, 4.69) is 50.4 Å². The third-order valence-corrected chi connectivity index (χ3v) is 10.4. The fourth-order valence-electron chi connectivity index (χ4n) is 3.74. The zero-order valence-corrected chi connectivity index (χ0v) is 20.7. The molecule has 0 aliphatic rings. The van der Waals surface area contributed by atoms with Crippen molar-refractivity contribution in [3.63, 3.8) is 0 Å². The molecule has 0 aliphatic heterocycles. The molecule has 1 amide bonds. The largest absolute Gasteiger partial charge is 0.469 e. The highest BCUT2D eigenvalue weighted by Crippen LogP contribution is 2.37. The molecule has 0 aliphatic carbocycles. The minimum Gasteiger partial charge on any atom is -0.469 e. The Morgan fingerprint density at radius 3 is 1.94 bits per heavy atom. The van der Waals surface area contributed by atoms with Gasteiger partial charge in [0.2, 0.25) is 0 Å². The second kappa shape index (κ2) is 11.8. The Kier molecular flexibility index (Phi) is 9.47. The molecule has 7 heteroatoms. The molecule has 6 nitrogen and oxygen atoms in total. The summed E-state index contributed by atoms with van der Waals surface area (Å²) in [6, 6.07) is 20.1. The Bertz CT molecular complexity index is 812. The van der Waals surface area contributed by atoms with Crippen LogP contribution < -0.4 is 15.7 Å². The maximum atomic E-state index is 12.5. The summed E-state index contributed by atoms with van der Waals surface area (Å²) in [6.07, 6.45) is 0.0551. The van der Waals surface area contributed by atoms with Crippen LogP contribution in [-0.4, -0.2) is 40.3 Å². The van der Waals surface area contributed by atoms with Gasteiger partial charge in [0.15, 0.2) is 0 Å². The minimum atomic E-state index is -2.98. The molecule has 2 rings (SSSR count). The first-order chi connectivity index (χ1) is 15.2. The third-order valence-electron chi connectivity index (χ3n) is 5.33. The molecule has 0 saturated carbocycles. The zero-order chi connectivity index (χ0) is 23.6. The van der Waals surface area contributed by atoms with Crippen LogP contribution in [0.2, 0.25) is 5.04 Å². The molecule has 0 saturated heterocycles. The quantitative estimate of drug-likeness (QED) is 0.253. The summed E-state index contributed by atoms with van der Waals surface area (Å²) < 4.78 is 17.0. The highest BCUT2D eigenvalue weighted by Gasteiger charge is 2.52. The predicted octanol–water partition coefficient (Wildman–Crippen LogP) is 3.98. The number of benzene rings is 2. The topological polar surface area (TPSA) is 73.9 Å². The van der Waals surface area contributed by atoms with Gasteiger partial charge in [-0.1, -0.05) is 94.8 Å². The van der Waals surface area contributed by atoms with E-state index in [1.54, 1.807) is 0 Å². The monoisotopic (exact) mass is 457 g/mol. The van der Waals surface area contributed by atoms with Gasteiger partial charge in [-0.3, -0.25) is 10.1 Å². The van der Waals surface area contributed by atoms with Gasteiger partial charge in [-0.15, -0.1) is 0 Å². The lowest BCUT2D eigenvalue weighted by Gasteiger charge is -2.45. The Morgan fingerprint density at radius 2 is 1.50 bits per heavy atom. The lowest BCUT2D eigenvalue weighted by atomic mass is 10.2. The van der Waals surface area contributed by atoms with Crippen LogP contribution in [0.15, 0.2) is 60.7 Å². The molecular formula is C25H35NO5Si. The van der Waals surface area contributed by atoms with Crippen LogP contribution in [0, 0.1) is 0 Å². The van der Waals surface area contributed by atoms with E-state index in [1.807, 2.05) is 43.3 Å². The Labute approximate surface area is 192 Å². The average Bonchev–Trinajstić information content (AvgIpc) is 2.77. The lowest BCUT2D eigenvalue weighted by molar-refractivity contribution is -0.142. The molecule has 0 heterocycles. The molecule has 0 spiro atoms. The summed E-state index contributed by atoms with van der Waals surface area (Å²) in [5.41, 5.74) is 0. The maximum Gasteiger partial charge on any atom is 0.409 e. The summed E-state index contributed by atoms with van der Waals surface area (Å²) in [4.78, 5) is 24.7. The van der Waals surface area contributed by atoms with Crippen LogP contribution in [-0.2, 0) is 18.7 Å². The van der Waals surface area contributed by atoms with Crippen LogP contribution in [0.5, 0.6) is 0 Å². The van der Waals surface area contributed by atoms with E-state index in [0.717, 1.165) is 23.2 Å². The summed E-state index contributed by atoms with van der Waals surface area (Å²) in [6.45, 7) is 8.73. The highest BCUT2D eigenvalue weighted by molar-refractivity contribution is 6.99. The molecule has 0 aromatic heterocycles. The first-order valence-electron chi connectivity index (χ1n) is 11.0. The summed E-state index contributed by atoms with van der Waals surface area (Å²) >= 11 is 0. The molecule has 1 unspecified atom stereocenters. The van der Waals surface area contributed by atoms with Crippen LogP contribution >= 0.6 is 0 Å². The van der Waals surface area contributed by atoms with Crippen molar-refractivity contribution in [3.8, 4) is 0 Å². The number of rotatable bonds is 10. The van der Waals surface area contributed by atoms with Crippen molar-refractivity contribution in [1.29, 1.82) is 0 Å². The number of amides is 1. The molecule has 2 aromatic rings. The molecule has 174 valence electrons. The van der Waals surface area contributed by atoms with Crippen molar-refractivity contribution in [2.24, 2.45) is 0 Å². The van der Waals surface area contributed by atoms with E-state index in [1.165, 1.54) is 7.11 Å². The molecule has 0 radical (unpaired) electrons. The Hall–Kier alpha value is -2.64. The first kappa shape index (κ1) is 25.6.